The van der Waals surface area contributed by atoms with Crippen molar-refractivity contribution in [3.05, 3.63) is 0 Å². The van der Waals surface area contributed by atoms with Gasteiger partial charge in [-0.15, -0.1) is 0 Å². The Balaban J connectivity index is 3.81. The van der Waals surface area contributed by atoms with Gasteiger partial charge in [-0.25, -0.2) is 0 Å². The van der Waals surface area contributed by atoms with Crippen LogP contribution in [0.3, 0.4) is 0 Å². The molecule has 0 bridgehead atoms. The minimum Gasteiger partial charge on any atom is -0.422 e. The highest BCUT2D eigenvalue weighted by Gasteiger charge is 2.24. The number of ether oxygens (including phenoxy) is 4. The number of hydrogen-bond acceptors (Lipinski definition) is 6. The number of rotatable bonds is 19. The summed E-state index contributed by atoms with van der Waals surface area (Å²) in [4.78, 5) is 0. The van der Waals surface area contributed by atoms with Gasteiger partial charge in [-0.1, -0.05) is 57.8 Å². The lowest BCUT2D eigenvalue weighted by atomic mass is 10.1. The van der Waals surface area contributed by atoms with Crippen LogP contribution in [0.2, 0.25) is 0 Å². The highest BCUT2D eigenvalue weighted by Crippen LogP contribution is 2.09. The topological polar surface area (TPSA) is 91.3 Å². The van der Waals surface area contributed by atoms with Crippen LogP contribution >= 0.6 is 0 Å². The van der Waals surface area contributed by atoms with Crippen molar-refractivity contribution in [2.75, 3.05) is 39.6 Å². The summed E-state index contributed by atoms with van der Waals surface area (Å²) in [6.07, 6.45) is 12.7. The highest BCUT2D eigenvalue weighted by molar-refractivity contribution is 7.86. The second-order valence-corrected chi connectivity index (χ2v) is 8.01. The molecule has 0 fully saturated rings. The van der Waals surface area contributed by atoms with Crippen LogP contribution in [0.4, 0.5) is 0 Å². The first kappa shape index (κ1) is 27.1. The molecule has 0 saturated heterocycles. The minimum absolute atomic E-state index is 0.188. The van der Waals surface area contributed by atoms with E-state index in [9.17, 15) is 13.0 Å². The molecule has 0 aliphatic rings. The van der Waals surface area contributed by atoms with Crippen LogP contribution in [0.15, 0.2) is 0 Å². The zero-order valence-electron chi connectivity index (χ0n) is 17.5. The van der Waals surface area contributed by atoms with E-state index in [1.165, 1.54) is 38.5 Å². The Bertz CT molecular complexity index is 496. The summed E-state index contributed by atoms with van der Waals surface area (Å²) in [5.74, 6) is 2.79. The first-order chi connectivity index (χ1) is 13.5. The van der Waals surface area contributed by atoms with E-state index in [-0.39, 0.29) is 13.2 Å². The smallest absolute Gasteiger partial charge is 0.306 e. The Labute approximate surface area is 171 Å². The maximum absolute atomic E-state index is 11.3. The summed E-state index contributed by atoms with van der Waals surface area (Å²) in [6, 6.07) is 0. The maximum Gasteiger partial charge on any atom is 0.306 e. The van der Waals surface area contributed by atoms with Crippen molar-refractivity contribution in [2.24, 2.45) is 0 Å². The lowest BCUT2D eigenvalue weighted by Gasteiger charge is -2.12. The monoisotopic (exact) mass is 422 g/mol. The molecular weight excluding hydrogens is 384 g/mol. The van der Waals surface area contributed by atoms with Crippen molar-refractivity contribution >= 4 is 10.1 Å². The Morgan fingerprint density at radius 1 is 0.821 bits per heavy atom. The molecule has 1 N–H and O–H groups in total. The Kier molecular flexibility index (Phi) is 18.9. The van der Waals surface area contributed by atoms with E-state index in [0.717, 1.165) is 12.8 Å². The van der Waals surface area contributed by atoms with E-state index >= 15 is 0 Å². The summed E-state index contributed by atoms with van der Waals surface area (Å²) >= 11 is 0. The molecule has 0 spiro atoms. The lowest BCUT2D eigenvalue weighted by molar-refractivity contribution is 0.00353. The fraction of sp³-hybridized carbons (Fsp3) is 0.900. The second kappa shape index (κ2) is 19.5. The van der Waals surface area contributed by atoms with E-state index in [1.807, 2.05) is 6.92 Å². The quantitative estimate of drug-likeness (QED) is 0.192. The molecule has 166 valence electrons. The normalized spacial score (nSPS) is 12.4. The predicted molar refractivity (Wildman–Crippen MR) is 110 cm³/mol. The van der Waals surface area contributed by atoms with Gasteiger partial charge in [0.15, 0.2) is 0 Å². The van der Waals surface area contributed by atoms with Gasteiger partial charge in [0.05, 0.1) is 26.4 Å². The van der Waals surface area contributed by atoms with Crippen LogP contribution in [0.5, 0.6) is 0 Å². The SMILES string of the molecule is CCCCCCCCCCC#COC(COCCOCCOCC)S(=O)(=O)O. The van der Waals surface area contributed by atoms with Crippen LogP contribution in [-0.2, 0) is 29.1 Å². The zero-order chi connectivity index (χ0) is 20.9. The molecule has 0 aromatic rings. The third kappa shape index (κ3) is 18.5. The fourth-order valence-corrected chi connectivity index (χ4v) is 2.79. The fourth-order valence-electron chi connectivity index (χ4n) is 2.35. The van der Waals surface area contributed by atoms with Gasteiger partial charge in [0.1, 0.15) is 12.7 Å². The molecule has 0 saturated carbocycles. The average molecular weight is 423 g/mol. The summed E-state index contributed by atoms with van der Waals surface area (Å²) in [5.41, 5.74) is -1.51. The Morgan fingerprint density at radius 3 is 2.00 bits per heavy atom. The van der Waals surface area contributed by atoms with E-state index in [0.29, 0.717) is 32.8 Å². The van der Waals surface area contributed by atoms with Crippen molar-refractivity contribution in [1.82, 2.24) is 0 Å². The van der Waals surface area contributed by atoms with E-state index < -0.39 is 15.6 Å². The van der Waals surface area contributed by atoms with Crippen molar-refractivity contribution < 1.29 is 31.9 Å². The molecule has 28 heavy (non-hydrogen) atoms. The molecule has 8 heteroatoms. The largest absolute Gasteiger partial charge is 0.422 e. The van der Waals surface area contributed by atoms with Crippen LogP contribution in [-0.4, -0.2) is 58.0 Å². The minimum atomic E-state index is -4.39. The van der Waals surface area contributed by atoms with Gasteiger partial charge < -0.3 is 18.9 Å². The van der Waals surface area contributed by atoms with E-state index in [1.54, 1.807) is 0 Å². The maximum atomic E-state index is 11.3. The summed E-state index contributed by atoms with van der Waals surface area (Å²) in [7, 11) is -4.39. The molecule has 0 aliphatic heterocycles. The van der Waals surface area contributed by atoms with Gasteiger partial charge in [0.25, 0.3) is 5.44 Å². The average Bonchev–Trinajstić information content (AvgIpc) is 2.65. The molecule has 0 heterocycles. The van der Waals surface area contributed by atoms with Crippen LogP contribution in [0.25, 0.3) is 0 Å². The van der Waals surface area contributed by atoms with Gasteiger partial charge in [0, 0.05) is 13.0 Å². The molecule has 0 aromatic carbocycles. The van der Waals surface area contributed by atoms with Gasteiger partial charge in [-0.3, -0.25) is 4.55 Å². The molecule has 0 aromatic heterocycles. The molecule has 1 atom stereocenters. The van der Waals surface area contributed by atoms with Crippen molar-refractivity contribution in [3.63, 3.8) is 0 Å². The van der Waals surface area contributed by atoms with Crippen LogP contribution in [0.1, 0.15) is 71.6 Å². The van der Waals surface area contributed by atoms with Crippen molar-refractivity contribution in [3.8, 4) is 12.0 Å². The molecule has 0 aliphatic carbocycles. The third-order valence-corrected chi connectivity index (χ3v) is 4.85. The highest BCUT2D eigenvalue weighted by atomic mass is 32.2. The zero-order valence-corrected chi connectivity index (χ0v) is 18.3. The molecule has 1 unspecified atom stereocenters. The van der Waals surface area contributed by atoms with Gasteiger partial charge in [-0.2, -0.15) is 8.42 Å². The Hall–Kier alpha value is -0.850. The van der Waals surface area contributed by atoms with E-state index in [4.69, 9.17) is 18.9 Å². The van der Waals surface area contributed by atoms with Gasteiger partial charge in [0.2, 0.25) is 0 Å². The standard InChI is InChI=1S/C20H38O7S/c1-3-5-6-7-8-9-10-11-12-13-14-27-20(28(21,22)23)19-26-18-17-25-16-15-24-4-2/h20H,3-12,15-19H2,1-2H3,(H,21,22,23). The van der Waals surface area contributed by atoms with Gasteiger partial charge >= 0.3 is 10.1 Å². The predicted octanol–water partition coefficient (Wildman–Crippen LogP) is 3.78. The Morgan fingerprint density at radius 2 is 1.39 bits per heavy atom. The number of hydrogen-bond donors (Lipinski definition) is 1. The molecule has 0 radical (unpaired) electrons. The van der Waals surface area contributed by atoms with E-state index in [2.05, 4.69) is 19.0 Å². The van der Waals surface area contributed by atoms with Crippen molar-refractivity contribution in [1.29, 1.82) is 0 Å². The van der Waals surface area contributed by atoms with Crippen molar-refractivity contribution in [2.45, 2.75) is 77.1 Å². The second-order valence-electron chi connectivity index (χ2n) is 6.45. The summed E-state index contributed by atoms with van der Waals surface area (Å²) in [6.45, 7) is 5.87. The van der Waals surface area contributed by atoms with Crippen LogP contribution in [0, 0.1) is 12.0 Å². The summed E-state index contributed by atoms with van der Waals surface area (Å²) in [5, 5.41) is 0. The lowest BCUT2D eigenvalue weighted by Crippen LogP contribution is -2.28. The molecule has 7 nitrogen and oxygen atoms in total. The molecule has 0 amide bonds. The third-order valence-electron chi connectivity index (χ3n) is 3.95. The first-order valence-corrected chi connectivity index (χ1v) is 11.9. The molecule has 0 rings (SSSR count). The van der Waals surface area contributed by atoms with Crippen LogP contribution < -0.4 is 0 Å². The number of unbranched alkanes of at least 4 members (excludes halogenated alkanes) is 8. The molecular formula is C20H38O7S. The first-order valence-electron chi connectivity index (χ1n) is 10.3. The van der Waals surface area contributed by atoms with Gasteiger partial charge in [-0.05, 0) is 13.3 Å². The summed E-state index contributed by atoms with van der Waals surface area (Å²) < 4.78 is 52.3.